The quantitative estimate of drug-likeness (QED) is 0.302. The average Bonchev–Trinajstić information content (AvgIpc) is 2.78. The molecule has 0 unspecified atom stereocenters. The summed E-state index contributed by atoms with van der Waals surface area (Å²) in [5.74, 6) is 1.16. The molecule has 0 heterocycles. The molecular weight excluding hydrogens is 402 g/mol. The Morgan fingerprint density at radius 1 is 0.906 bits per heavy atom. The molecule has 0 saturated carbocycles. The van der Waals surface area contributed by atoms with Crippen LogP contribution in [0, 0.1) is 6.57 Å². The van der Waals surface area contributed by atoms with Crippen LogP contribution in [0.5, 0.6) is 17.2 Å². The van der Waals surface area contributed by atoms with Gasteiger partial charge in [0.15, 0.2) is 23.8 Å². The van der Waals surface area contributed by atoms with Gasteiger partial charge in [-0.3, -0.25) is 0 Å². The van der Waals surface area contributed by atoms with E-state index < -0.39 is 5.97 Å². The van der Waals surface area contributed by atoms with Crippen molar-refractivity contribution >= 4 is 11.7 Å². The molecule has 0 N–H and O–H groups in total. The van der Waals surface area contributed by atoms with Crippen molar-refractivity contribution in [1.82, 2.24) is 0 Å². The van der Waals surface area contributed by atoms with E-state index in [2.05, 4.69) is 25.6 Å². The van der Waals surface area contributed by atoms with E-state index in [-0.39, 0.29) is 12.0 Å². The van der Waals surface area contributed by atoms with Gasteiger partial charge in [-0.15, -0.1) is 0 Å². The summed E-state index contributed by atoms with van der Waals surface area (Å²) in [5, 5.41) is 0. The van der Waals surface area contributed by atoms with Crippen molar-refractivity contribution in [3.63, 3.8) is 0 Å². The fourth-order valence-electron chi connectivity index (χ4n) is 3.10. The maximum atomic E-state index is 11.8. The van der Waals surface area contributed by atoms with Crippen LogP contribution in [0.4, 0.5) is 5.69 Å². The van der Waals surface area contributed by atoms with Gasteiger partial charge in [0.2, 0.25) is 0 Å². The Hall–Kier alpha value is -3.78. The highest BCUT2D eigenvalue weighted by Gasteiger charge is 2.15. The average molecular weight is 430 g/mol. The minimum absolute atomic E-state index is 0.0455. The SMILES string of the molecule is [C-]#[N+]c1ccc(-c2ccc(OCC(=O)OCC)c(Oc3ccc(C(C)(C)C)cc3)c2)cc1. The molecule has 32 heavy (non-hydrogen) atoms. The molecule has 0 saturated heterocycles. The second-order valence-electron chi connectivity index (χ2n) is 8.29. The van der Waals surface area contributed by atoms with Gasteiger partial charge in [0.25, 0.3) is 0 Å². The molecule has 5 heteroatoms. The first-order chi connectivity index (χ1) is 15.3. The number of hydrogen-bond acceptors (Lipinski definition) is 4. The van der Waals surface area contributed by atoms with Crippen molar-refractivity contribution in [2.75, 3.05) is 13.2 Å². The summed E-state index contributed by atoms with van der Waals surface area (Å²) in [6.07, 6.45) is 0. The molecule has 5 nitrogen and oxygen atoms in total. The Bertz CT molecular complexity index is 1100. The van der Waals surface area contributed by atoms with Crippen molar-refractivity contribution in [3.05, 3.63) is 83.7 Å². The number of rotatable bonds is 7. The topological polar surface area (TPSA) is 49.1 Å². The highest BCUT2D eigenvalue weighted by Crippen LogP contribution is 2.37. The normalized spacial score (nSPS) is 10.8. The van der Waals surface area contributed by atoms with Crippen LogP contribution in [0.1, 0.15) is 33.3 Å². The van der Waals surface area contributed by atoms with Gasteiger partial charge in [-0.2, -0.15) is 0 Å². The molecule has 3 rings (SSSR count). The first-order valence-electron chi connectivity index (χ1n) is 10.5. The Morgan fingerprint density at radius 3 is 2.16 bits per heavy atom. The van der Waals surface area contributed by atoms with Gasteiger partial charge in [0, 0.05) is 0 Å². The zero-order valence-electron chi connectivity index (χ0n) is 18.8. The molecule has 0 amide bonds. The monoisotopic (exact) mass is 429 g/mol. The predicted molar refractivity (Wildman–Crippen MR) is 125 cm³/mol. The smallest absolute Gasteiger partial charge is 0.344 e. The van der Waals surface area contributed by atoms with Crippen molar-refractivity contribution in [3.8, 4) is 28.4 Å². The molecule has 0 bridgehead atoms. The Balaban J connectivity index is 1.91. The number of ether oxygens (including phenoxy) is 3. The van der Waals surface area contributed by atoms with Gasteiger partial charge >= 0.3 is 5.97 Å². The Kier molecular flexibility index (Phi) is 7.17. The highest BCUT2D eigenvalue weighted by atomic mass is 16.6. The van der Waals surface area contributed by atoms with Crippen LogP contribution in [0.15, 0.2) is 66.7 Å². The fourth-order valence-corrected chi connectivity index (χ4v) is 3.10. The first kappa shape index (κ1) is 22.9. The lowest BCUT2D eigenvalue weighted by molar-refractivity contribution is -0.145. The number of esters is 1. The van der Waals surface area contributed by atoms with Crippen LogP contribution in [-0.2, 0) is 14.9 Å². The number of carbonyl (C=O) groups excluding carboxylic acids is 1. The van der Waals surface area contributed by atoms with E-state index in [1.165, 1.54) is 5.56 Å². The largest absolute Gasteiger partial charge is 0.478 e. The number of benzene rings is 3. The molecule has 3 aromatic carbocycles. The zero-order chi connectivity index (χ0) is 23.1. The van der Waals surface area contributed by atoms with Crippen molar-refractivity contribution in [2.45, 2.75) is 33.1 Å². The first-order valence-corrected chi connectivity index (χ1v) is 10.5. The third-order valence-electron chi connectivity index (χ3n) is 4.87. The van der Waals surface area contributed by atoms with Gasteiger partial charge in [-0.1, -0.05) is 63.2 Å². The van der Waals surface area contributed by atoms with Gasteiger partial charge in [-0.05, 0) is 53.3 Å². The molecule has 0 aliphatic rings. The summed E-state index contributed by atoms with van der Waals surface area (Å²) in [7, 11) is 0. The Labute approximate surface area is 189 Å². The molecule has 0 aromatic heterocycles. The minimum Gasteiger partial charge on any atom is -0.478 e. The third kappa shape index (κ3) is 5.89. The van der Waals surface area contributed by atoms with Crippen molar-refractivity contribution in [1.29, 1.82) is 0 Å². The summed E-state index contributed by atoms with van der Waals surface area (Å²) in [5.41, 5.74) is 3.69. The highest BCUT2D eigenvalue weighted by molar-refractivity contribution is 5.72. The standard InChI is InChI=1S/C27H27NO4/c1-6-30-26(29)18-31-24-16-9-20(19-7-12-22(28-5)13-8-19)17-25(24)32-23-14-10-21(11-15-23)27(2,3)4/h7-17H,6,18H2,1-4H3. The van der Waals surface area contributed by atoms with E-state index >= 15 is 0 Å². The molecule has 0 aliphatic carbocycles. The Morgan fingerprint density at radius 2 is 1.56 bits per heavy atom. The second kappa shape index (κ2) is 10.0. The van der Waals surface area contributed by atoms with E-state index in [1.807, 2.05) is 48.5 Å². The number of carbonyl (C=O) groups is 1. The summed E-state index contributed by atoms with van der Waals surface area (Å²) >= 11 is 0. The lowest BCUT2D eigenvalue weighted by Gasteiger charge is -2.19. The van der Waals surface area contributed by atoms with Gasteiger partial charge in [0.05, 0.1) is 13.2 Å². The van der Waals surface area contributed by atoms with E-state index in [0.717, 1.165) is 11.1 Å². The van der Waals surface area contributed by atoms with Crippen LogP contribution in [0.25, 0.3) is 16.0 Å². The van der Waals surface area contributed by atoms with E-state index in [1.54, 1.807) is 25.1 Å². The van der Waals surface area contributed by atoms with Crippen LogP contribution < -0.4 is 9.47 Å². The third-order valence-corrected chi connectivity index (χ3v) is 4.87. The van der Waals surface area contributed by atoms with Gasteiger partial charge in [0.1, 0.15) is 5.75 Å². The number of nitrogens with zero attached hydrogens (tertiary/aromatic N) is 1. The minimum atomic E-state index is -0.438. The van der Waals surface area contributed by atoms with Crippen molar-refractivity contribution < 1.29 is 19.0 Å². The van der Waals surface area contributed by atoms with E-state index in [0.29, 0.717) is 29.5 Å². The summed E-state index contributed by atoms with van der Waals surface area (Å²) < 4.78 is 16.8. The molecule has 164 valence electrons. The zero-order valence-corrected chi connectivity index (χ0v) is 18.8. The van der Waals surface area contributed by atoms with Crippen LogP contribution >= 0.6 is 0 Å². The lowest BCUT2D eigenvalue weighted by atomic mass is 9.87. The van der Waals surface area contributed by atoms with E-state index in [9.17, 15) is 4.79 Å². The predicted octanol–water partition coefficient (Wildman–Crippen LogP) is 6.94. The van der Waals surface area contributed by atoms with Crippen molar-refractivity contribution in [2.24, 2.45) is 0 Å². The molecule has 0 spiro atoms. The van der Waals surface area contributed by atoms with Crippen LogP contribution in [0.2, 0.25) is 0 Å². The summed E-state index contributed by atoms with van der Waals surface area (Å²) in [4.78, 5) is 15.2. The van der Waals surface area contributed by atoms with E-state index in [4.69, 9.17) is 20.8 Å². The second-order valence-corrected chi connectivity index (χ2v) is 8.29. The maximum absolute atomic E-state index is 11.8. The molecule has 0 fully saturated rings. The summed E-state index contributed by atoms with van der Waals surface area (Å²) in [6, 6.07) is 20.8. The molecule has 0 atom stereocenters. The number of hydrogen-bond donors (Lipinski definition) is 0. The van der Waals surface area contributed by atoms with Crippen LogP contribution in [-0.4, -0.2) is 19.2 Å². The molecule has 0 radical (unpaired) electrons. The molecule has 0 aliphatic heterocycles. The lowest BCUT2D eigenvalue weighted by Crippen LogP contribution is -2.14. The maximum Gasteiger partial charge on any atom is 0.344 e. The van der Waals surface area contributed by atoms with Crippen LogP contribution in [0.3, 0.4) is 0 Å². The molecule has 3 aromatic rings. The summed E-state index contributed by atoms with van der Waals surface area (Å²) in [6.45, 7) is 15.4. The molecular formula is C27H27NO4. The van der Waals surface area contributed by atoms with Gasteiger partial charge in [-0.25, -0.2) is 9.64 Å². The van der Waals surface area contributed by atoms with Gasteiger partial charge < -0.3 is 14.2 Å². The fraction of sp³-hybridized carbons (Fsp3) is 0.259.